The number of benzene rings is 2. The van der Waals surface area contributed by atoms with Crippen LogP contribution in [0.3, 0.4) is 0 Å². The molecule has 2 aromatic carbocycles. The first-order valence-electron chi connectivity index (χ1n) is 15.9. The number of nitrogens with one attached hydrogen (secondary N) is 2. The molecule has 0 saturated carbocycles. The van der Waals surface area contributed by atoms with E-state index in [9.17, 15) is 19.2 Å². The Hall–Kier alpha value is -4.60. The molecule has 2 N–H and O–H groups in total. The Bertz CT molecular complexity index is 1300. The summed E-state index contributed by atoms with van der Waals surface area (Å²) in [5.41, 5.74) is 0.949. The molecule has 4 rings (SSSR count). The summed E-state index contributed by atoms with van der Waals surface area (Å²) < 4.78 is 11.8. The molecule has 2 aromatic rings. The molecule has 4 amide bonds. The molecule has 0 spiro atoms. The minimum absolute atomic E-state index is 0.0274. The van der Waals surface area contributed by atoms with E-state index in [-0.39, 0.29) is 35.8 Å². The average Bonchev–Trinajstić information content (AvgIpc) is 3.05. The highest BCUT2D eigenvalue weighted by Gasteiger charge is 2.27. The van der Waals surface area contributed by atoms with E-state index in [1.807, 2.05) is 50.3 Å². The zero-order valence-corrected chi connectivity index (χ0v) is 27.8. The van der Waals surface area contributed by atoms with Crippen LogP contribution in [0.4, 0.5) is 0 Å². The van der Waals surface area contributed by atoms with Gasteiger partial charge in [-0.05, 0) is 64.8 Å². The van der Waals surface area contributed by atoms with E-state index in [4.69, 9.17) is 9.47 Å². The molecule has 0 fully saturated rings. The normalized spacial score (nSPS) is 24.9. The zero-order chi connectivity index (χ0) is 33.6. The van der Waals surface area contributed by atoms with Crippen molar-refractivity contribution < 1.29 is 28.7 Å². The van der Waals surface area contributed by atoms with Crippen molar-refractivity contribution >= 4 is 23.6 Å². The number of fused-ring (bicyclic) bond motifs is 2. The number of hydrogen-bond acceptors (Lipinski definition) is 6. The number of nitrogens with zero attached hydrogens (tertiary/aromatic N) is 2. The van der Waals surface area contributed by atoms with Gasteiger partial charge in [0.1, 0.15) is 23.6 Å². The van der Waals surface area contributed by atoms with Crippen molar-refractivity contribution in [1.29, 1.82) is 0 Å². The van der Waals surface area contributed by atoms with Crippen LogP contribution in [0.2, 0.25) is 0 Å². The van der Waals surface area contributed by atoms with Crippen molar-refractivity contribution in [1.82, 2.24) is 20.4 Å². The van der Waals surface area contributed by atoms with Crippen molar-refractivity contribution in [3.8, 4) is 11.5 Å². The molecule has 10 heteroatoms. The summed E-state index contributed by atoms with van der Waals surface area (Å²) in [6.07, 6.45) is 11.1. The van der Waals surface area contributed by atoms with Crippen molar-refractivity contribution in [3.05, 3.63) is 84.0 Å². The summed E-state index contributed by atoms with van der Waals surface area (Å²) >= 11 is 0. The Morgan fingerprint density at radius 2 is 0.957 bits per heavy atom. The van der Waals surface area contributed by atoms with Crippen LogP contribution in [-0.2, 0) is 9.59 Å². The Balaban J connectivity index is 0.000000250. The van der Waals surface area contributed by atoms with Crippen LogP contribution in [0.5, 0.6) is 11.5 Å². The molecular formula is C36H48N4O6. The highest BCUT2D eigenvalue weighted by Crippen LogP contribution is 2.24. The van der Waals surface area contributed by atoms with E-state index in [0.29, 0.717) is 35.7 Å². The lowest BCUT2D eigenvalue weighted by molar-refractivity contribution is -0.125. The van der Waals surface area contributed by atoms with Crippen LogP contribution in [0, 0.1) is 0 Å². The summed E-state index contributed by atoms with van der Waals surface area (Å²) in [4.78, 5) is 52.6. The van der Waals surface area contributed by atoms with Gasteiger partial charge in [-0.2, -0.15) is 0 Å². The molecular weight excluding hydrogens is 584 g/mol. The van der Waals surface area contributed by atoms with E-state index in [2.05, 4.69) is 10.6 Å². The maximum absolute atomic E-state index is 12.7. The van der Waals surface area contributed by atoms with Crippen LogP contribution in [0.25, 0.3) is 0 Å². The predicted octanol–water partition coefficient (Wildman–Crippen LogP) is 4.76. The highest BCUT2D eigenvalue weighted by molar-refractivity contribution is 6.00. The van der Waals surface area contributed by atoms with Crippen LogP contribution in [0.1, 0.15) is 74.1 Å². The fraction of sp³-hybridized carbons (Fsp3) is 0.444. The van der Waals surface area contributed by atoms with Crippen molar-refractivity contribution in [3.63, 3.8) is 0 Å². The Morgan fingerprint density at radius 1 is 0.587 bits per heavy atom. The first kappa shape index (κ1) is 35.9. The Labute approximate surface area is 272 Å². The van der Waals surface area contributed by atoms with E-state index in [1.54, 1.807) is 64.3 Å². The molecule has 0 radical (unpaired) electrons. The van der Waals surface area contributed by atoms with Gasteiger partial charge in [0, 0.05) is 40.0 Å². The van der Waals surface area contributed by atoms with Crippen molar-refractivity contribution in [2.75, 3.05) is 27.2 Å². The van der Waals surface area contributed by atoms with Crippen LogP contribution in [-0.4, -0.2) is 84.9 Å². The number of para-hydroxylation sites is 2. The number of amides is 4. The molecule has 0 aliphatic carbocycles. The third kappa shape index (κ3) is 10.2. The SMILES string of the molecule is C[C@@H]1C(=O)NCC/C=C/C[C@H](C)Oc2ccccc2C(=O)N1C.C[C@@H]1C(=O)NCC/C=C\C[C@H](C)Oc2ccccc2C(=O)N1C. The first-order chi connectivity index (χ1) is 22.0. The molecule has 248 valence electrons. The predicted molar refractivity (Wildman–Crippen MR) is 179 cm³/mol. The summed E-state index contributed by atoms with van der Waals surface area (Å²) in [5.74, 6) is 0.354. The third-order valence-corrected chi connectivity index (χ3v) is 7.94. The second-order valence-corrected chi connectivity index (χ2v) is 11.6. The van der Waals surface area contributed by atoms with Crippen LogP contribution in [0.15, 0.2) is 72.8 Å². The molecule has 2 aliphatic rings. The van der Waals surface area contributed by atoms with E-state index in [1.165, 1.54) is 9.80 Å². The lowest BCUT2D eigenvalue weighted by atomic mass is 10.1. The number of carbonyl (C=O) groups is 4. The van der Waals surface area contributed by atoms with Gasteiger partial charge < -0.3 is 29.9 Å². The summed E-state index contributed by atoms with van der Waals surface area (Å²) in [5, 5.41) is 5.71. The summed E-state index contributed by atoms with van der Waals surface area (Å²) in [6, 6.07) is 13.2. The number of ether oxygens (including phenoxy) is 2. The van der Waals surface area contributed by atoms with Gasteiger partial charge in [-0.15, -0.1) is 0 Å². The van der Waals surface area contributed by atoms with Gasteiger partial charge in [-0.1, -0.05) is 48.6 Å². The fourth-order valence-electron chi connectivity index (χ4n) is 4.77. The molecule has 0 saturated heterocycles. The maximum Gasteiger partial charge on any atom is 0.258 e. The quantitative estimate of drug-likeness (QED) is 0.405. The second-order valence-electron chi connectivity index (χ2n) is 11.6. The van der Waals surface area contributed by atoms with Gasteiger partial charge in [-0.3, -0.25) is 19.2 Å². The van der Waals surface area contributed by atoms with Gasteiger partial charge in [0.05, 0.1) is 23.3 Å². The van der Waals surface area contributed by atoms with Gasteiger partial charge in [0.15, 0.2) is 0 Å². The molecule has 10 nitrogen and oxygen atoms in total. The van der Waals surface area contributed by atoms with Crippen LogP contribution < -0.4 is 20.1 Å². The molecule has 4 atom stereocenters. The molecule has 0 bridgehead atoms. The van der Waals surface area contributed by atoms with Gasteiger partial charge in [0.2, 0.25) is 11.8 Å². The first-order valence-corrected chi connectivity index (χ1v) is 15.9. The highest BCUT2D eigenvalue weighted by atomic mass is 16.5. The van der Waals surface area contributed by atoms with Crippen molar-refractivity contribution in [2.24, 2.45) is 0 Å². The maximum atomic E-state index is 12.7. The minimum atomic E-state index is -0.542. The van der Waals surface area contributed by atoms with Gasteiger partial charge in [-0.25, -0.2) is 0 Å². The number of hydrogen-bond donors (Lipinski definition) is 2. The summed E-state index contributed by atoms with van der Waals surface area (Å²) in [6.45, 7) is 8.53. The molecule has 0 unspecified atom stereocenters. The smallest absolute Gasteiger partial charge is 0.258 e. The topological polar surface area (TPSA) is 117 Å². The van der Waals surface area contributed by atoms with E-state index >= 15 is 0 Å². The number of likely N-dealkylation sites (N-methyl/N-ethyl adjacent to an activating group) is 2. The lowest BCUT2D eigenvalue weighted by Crippen LogP contribution is -2.46. The Kier molecular flexibility index (Phi) is 13.9. The molecule has 0 aromatic heterocycles. The van der Waals surface area contributed by atoms with Gasteiger partial charge >= 0.3 is 0 Å². The largest absolute Gasteiger partial charge is 0.490 e. The Morgan fingerprint density at radius 3 is 1.35 bits per heavy atom. The van der Waals surface area contributed by atoms with Crippen molar-refractivity contribution in [2.45, 2.75) is 77.7 Å². The van der Waals surface area contributed by atoms with E-state index in [0.717, 1.165) is 25.7 Å². The molecule has 2 heterocycles. The summed E-state index contributed by atoms with van der Waals surface area (Å²) in [7, 11) is 3.27. The fourth-order valence-corrected chi connectivity index (χ4v) is 4.77. The van der Waals surface area contributed by atoms with Gasteiger partial charge in [0.25, 0.3) is 11.8 Å². The number of rotatable bonds is 0. The lowest BCUT2D eigenvalue weighted by Gasteiger charge is -2.26. The standard InChI is InChI=1S/2C18H24N2O3/c2*1-13-9-5-4-8-12-19-17(21)14(2)20(3)18(22)15-10-6-7-11-16(15)23-13/h2*4-7,10-11,13-14H,8-9,12H2,1-3H3,(H,19,21)/b5-4+;5-4-/t2*13-,14+/m00/s1. The minimum Gasteiger partial charge on any atom is -0.490 e. The molecule has 46 heavy (non-hydrogen) atoms. The monoisotopic (exact) mass is 632 g/mol. The second kappa shape index (κ2) is 17.8. The molecule has 2 aliphatic heterocycles. The average molecular weight is 633 g/mol. The third-order valence-electron chi connectivity index (χ3n) is 7.94. The zero-order valence-electron chi connectivity index (χ0n) is 27.8. The van der Waals surface area contributed by atoms with Crippen LogP contribution >= 0.6 is 0 Å². The van der Waals surface area contributed by atoms with E-state index < -0.39 is 12.1 Å². The number of carbonyl (C=O) groups excluding carboxylic acids is 4.